The molecule has 1 saturated heterocycles. The molecule has 1 amide bonds. The summed E-state index contributed by atoms with van der Waals surface area (Å²) in [6.07, 6.45) is 7.13. The van der Waals surface area contributed by atoms with Gasteiger partial charge in [0.25, 0.3) is 0 Å². The molecule has 9 heteroatoms. The Labute approximate surface area is 172 Å². The van der Waals surface area contributed by atoms with Gasteiger partial charge in [0.15, 0.2) is 0 Å². The molecule has 1 aromatic carbocycles. The van der Waals surface area contributed by atoms with Crippen molar-refractivity contribution in [3.8, 4) is 11.3 Å². The van der Waals surface area contributed by atoms with Crippen molar-refractivity contribution in [3.05, 3.63) is 42.9 Å². The van der Waals surface area contributed by atoms with Crippen LogP contribution in [-0.2, 0) is 14.3 Å². The number of hydrogen-bond donors (Lipinski definition) is 0. The van der Waals surface area contributed by atoms with Crippen molar-refractivity contribution in [1.29, 1.82) is 0 Å². The Morgan fingerprint density at radius 3 is 2.62 bits per heavy atom. The van der Waals surface area contributed by atoms with Gasteiger partial charge in [0, 0.05) is 24.8 Å². The van der Waals surface area contributed by atoms with E-state index in [4.69, 9.17) is 16.3 Å². The Morgan fingerprint density at radius 1 is 1.10 bits per heavy atom. The number of aromatic nitrogens is 4. The molecular weight excluding hydrogens is 394 g/mol. The first-order chi connectivity index (χ1) is 14.1. The van der Waals surface area contributed by atoms with Gasteiger partial charge in [-0.2, -0.15) is 5.10 Å². The molecule has 1 aliphatic heterocycles. The first-order valence-corrected chi connectivity index (χ1v) is 9.78. The number of ether oxygens (including phenoxy) is 1. The van der Waals surface area contributed by atoms with Crippen LogP contribution in [0.5, 0.6) is 0 Å². The van der Waals surface area contributed by atoms with Crippen molar-refractivity contribution < 1.29 is 14.3 Å². The van der Waals surface area contributed by atoms with Gasteiger partial charge in [-0.05, 0) is 36.6 Å². The highest BCUT2D eigenvalue weighted by molar-refractivity contribution is 6.63. The Kier molecular flexibility index (Phi) is 5.82. The number of hydrogen-bond acceptors (Lipinski definition) is 6. The highest BCUT2D eigenvalue weighted by atomic mass is 35.5. The summed E-state index contributed by atoms with van der Waals surface area (Å²) in [7, 11) is 0. The molecule has 0 bridgehead atoms. The minimum Gasteiger partial charge on any atom is -0.362 e. The minimum atomic E-state index is -0.609. The molecule has 0 spiro atoms. The van der Waals surface area contributed by atoms with E-state index in [0.717, 1.165) is 35.1 Å². The molecule has 8 nitrogen and oxygen atoms in total. The molecule has 0 aliphatic carbocycles. The third-order valence-electron chi connectivity index (χ3n) is 4.98. The largest absolute Gasteiger partial charge is 0.362 e. The van der Waals surface area contributed by atoms with E-state index in [1.165, 1.54) is 0 Å². The zero-order valence-corrected chi connectivity index (χ0v) is 16.5. The smallest absolute Gasteiger partial charge is 0.248 e. The summed E-state index contributed by atoms with van der Waals surface area (Å²) in [6, 6.07) is 7.97. The zero-order valence-electron chi connectivity index (χ0n) is 15.7. The standard InChI is InChI=1S/C20H20ClN5O3/c21-19(27)12-29-13-20(28)25-7-5-15(6-8-25)26-11-14(9-23-26)18-10-22-16-3-1-2-4-17(16)24-18/h1-4,9-11,15H,5-8,12-13H2. The van der Waals surface area contributed by atoms with Crippen LogP contribution < -0.4 is 0 Å². The highest BCUT2D eigenvalue weighted by Crippen LogP contribution is 2.25. The van der Waals surface area contributed by atoms with Crippen molar-refractivity contribution in [3.63, 3.8) is 0 Å². The molecule has 0 unspecified atom stereocenters. The van der Waals surface area contributed by atoms with Gasteiger partial charge >= 0.3 is 0 Å². The molecule has 0 atom stereocenters. The van der Waals surface area contributed by atoms with Crippen molar-refractivity contribution in [2.75, 3.05) is 26.3 Å². The third-order valence-corrected chi connectivity index (χ3v) is 5.09. The molecule has 1 fully saturated rings. The molecule has 150 valence electrons. The summed E-state index contributed by atoms with van der Waals surface area (Å²) in [5.74, 6) is -0.131. The number of fused-ring (bicyclic) bond motifs is 1. The molecule has 4 rings (SSSR count). The van der Waals surface area contributed by atoms with E-state index in [1.807, 2.05) is 35.1 Å². The van der Waals surface area contributed by atoms with Crippen LogP contribution in [0.15, 0.2) is 42.9 Å². The average Bonchev–Trinajstić information content (AvgIpc) is 3.23. The number of carbonyl (C=O) groups excluding carboxylic acids is 2. The number of para-hydroxylation sites is 2. The molecule has 0 N–H and O–H groups in total. The maximum atomic E-state index is 12.1. The predicted molar refractivity (Wildman–Crippen MR) is 107 cm³/mol. The van der Waals surface area contributed by atoms with E-state index in [1.54, 1.807) is 17.3 Å². The molecule has 0 saturated carbocycles. The van der Waals surface area contributed by atoms with Gasteiger partial charge in [-0.1, -0.05) is 12.1 Å². The number of halogens is 1. The lowest BCUT2D eigenvalue weighted by atomic mass is 10.1. The summed E-state index contributed by atoms with van der Waals surface area (Å²) >= 11 is 5.20. The lowest BCUT2D eigenvalue weighted by molar-refractivity contribution is -0.138. The fourth-order valence-corrected chi connectivity index (χ4v) is 3.53. The fourth-order valence-electron chi connectivity index (χ4n) is 3.46. The summed E-state index contributed by atoms with van der Waals surface area (Å²) in [5, 5.41) is 3.89. The monoisotopic (exact) mass is 413 g/mol. The Morgan fingerprint density at radius 2 is 1.86 bits per heavy atom. The van der Waals surface area contributed by atoms with Crippen LogP contribution in [0, 0.1) is 0 Å². The maximum absolute atomic E-state index is 12.1. The number of carbonyl (C=O) groups is 2. The van der Waals surface area contributed by atoms with Crippen LogP contribution in [0.3, 0.4) is 0 Å². The van der Waals surface area contributed by atoms with E-state index in [9.17, 15) is 9.59 Å². The Balaban J connectivity index is 1.36. The van der Waals surface area contributed by atoms with Gasteiger partial charge in [0.2, 0.25) is 11.1 Å². The average molecular weight is 414 g/mol. The molecule has 1 aliphatic rings. The predicted octanol–water partition coefficient (Wildman–Crippen LogP) is 2.44. The molecule has 3 heterocycles. The first-order valence-electron chi connectivity index (χ1n) is 9.40. The quantitative estimate of drug-likeness (QED) is 0.576. The van der Waals surface area contributed by atoms with Crippen LogP contribution in [0.1, 0.15) is 18.9 Å². The van der Waals surface area contributed by atoms with Crippen LogP contribution in [0.2, 0.25) is 0 Å². The van der Waals surface area contributed by atoms with Crippen LogP contribution >= 0.6 is 11.6 Å². The van der Waals surface area contributed by atoms with Crippen LogP contribution in [0.4, 0.5) is 0 Å². The van der Waals surface area contributed by atoms with E-state index in [-0.39, 0.29) is 25.2 Å². The second kappa shape index (κ2) is 8.67. The number of nitrogens with zero attached hydrogens (tertiary/aromatic N) is 5. The van der Waals surface area contributed by atoms with E-state index < -0.39 is 5.24 Å². The number of rotatable bonds is 6. The topological polar surface area (TPSA) is 90.2 Å². The lowest BCUT2D eigenvalue weighted by Gasteiger charge is -2.32. The lowest BCUT2D eigenvalue weighted by Crippen LogP contribution is -2.41. The van der Waals surface area contributed by atoms with E-state index >= 15 is 0 Å². The van der Waals surface area contributed by atoms with Gasteiger partial charge in [0.05, 0.1) is 35.2 Å². The SMILES string of the molecule is O=C(Cl)COCC(=O)N1CCC(n2cc(-c3cnc4ccccc4n3)cn2)CC1. The van der Waals surface area contributed by atoms with Crippen molar-refractivity contribution in [2.24, 2.45) is 0 Å². The van der Waals surface area contributed by atoms with Gasteiger partial charge in [-0.15, -0.1) is 0 Å². The summed E-state index contributed by atoms with van der Waals surface area (Å²) in [4.78, 5) is 33.7. The molecule has 2 aromatic heterocycles. The minimum absolute atomic E-state index is 0.129. The van der Waals surface area contributed by atoms with Crippen molar-refractivity contribution in [2.45, 2.75) is 18.9 Å². The van der Waals surface area contributed by atoms with Gasteiger partial charge in [0.1, 0.15) is 13.2 Å². The summed E-state index contributed by atoms with van der Waals surface area (Å²) in [5.41, 5.74) is 3.41. The third kappa shape index (κ3) is 4.60. The van der Waals surface area contributed by atoms with Gasteiger partial charge in [-0.3, -0.25) is 19.3 Å². The van der Waals surface area contributed by atoms with E-state index in [0.29, 0.717) is 13.1 Å². The zero-order chi connectivity index (χ0) is 20.2. The van der Waals surface area contributed by atoms with Crippen LogP contribution in [-0.4, -0.2) is 62.1 Å². The number of piperidine rings is 1. The molecule has 0 radical (unpaired) electrons. The molecule has 29 heavy (non-hydrogen) atoms. The maximum Gasteiger partial charge on any atom is 0.248 e. The van der Waals surface area contributed by atoms with E-state index in [2.05, 4.69) is 15.1 Å². The van der Waals surface area contributed by atoms with Crippen molar-refractivity contribution >= 4 is 33.8 Å². The normalized spacial score (nSPS) is 15.0. The van der Waals surface area contributed by atoms with Gasteiger partial charge < -0.3 is 9.64 Å². The highest BCUT2D eigenvalue weighted by Gasteiger charge is 2.24. The van der Waals surface area contributed by atoms with Crippen molar-refractivity contribution in [1.82, 2.24) is 24.6 Å². The fraction of sp³-hybridized carbons (Fsp3) is 0.350. The first kappa shape index (κ1) is 19.5. The second-order valence-corrected chi connectivity index (χ2v) is 7.33. The number of amides is 1. The Hall–Kier alpha value is -2.84. The molecule has 3 aromatic rings. The second-order valence-electron chi connectivity index (χ2n) is 6.91. The number of likely N-dealkylation sites (tertiary alicyclic amines) is 1. The Bertz CT molecular complexity index is 1030. The molecular formula is C20H20ClN5O3. The summed E-state index contributed by atoms with van der Waals surface area (Å²) in [6.45, 7) is 0.854. The van der Waals surface area contributed by atoms with Gasteiger partial charge in [-0.25, -0.2) is 4.98 Å². The summed E-state index contributed by atoms with van der Waals surface area (Å²) < 4.78 is 6.94. The number of benzene rings is 1. The van der Waals surface area contributed by atoms with Crippen LogP contribution in [0.25, 0.3) is 22.3 Å².